The van der Waals surface area contributed by atoms with E-state index in [0.29, 0.717) is 24.3 Å². The molecule has 0 N–H and O–H groups in total. The highest BCUT2D eigenvalue weighted by Crippen LogP contribution is 2.37. The normalized spacial score (nSPS) is 11.7. The van der Waals surface area contributed by atoms with E-state index in [1.807, 2.05) is 66.7 Å². The lowest BCUT2D eigenvalue weighted by Crippen LogP contribution is -2.15. The van der Waals surface area contributed by atoms with Gasteiger partial charge in [-0.25, -0.2) is 4.79 Å². The Morgan fingerprint density at radius 3 is 2.50 bits per heavy atom. The van der Waals surface area contributed by atoms with Gasteiger partial charge in [-0.3, -0.25) is 0 Å². The van der Waals surface area contributed by atoms with E-state index in [9.17, 15) is 4.79 Å². The largest absolute Gasteiger partial charge is 0.490 e. The van der Waals surface area contributed by atoms with Gasteiger partial charge in [-0.1, -0.05) is 42.5 Å². The topological polar surface area (TPSA) is 44.8 Å². The van der Waals surface area contributed by atoms with Crippen molar-refractivity contribution in [1.82, 2.24) is 0 Å². The number of carbonyl (C=O) groups is 1. The molecule has 3 aromatic carbocycles. The lowest BCUT2D eigenvalue weighted by molar-refractivity contribution is 0.0449. The Bertz CT molecular complexity index is 918. The molecule has 0 atom stereocenters. The molecule has 0 aromatic heterocycles. The van der Waals surface area contributed by atoms with Crippen LogP contribution in [0.3, 0.4) is 0 Å². The molecule has 1 aliphatic rings. The molecule has 0 saturated heterocycles. The van der Waals surface area contributed by atoms with E-state index < -0.39 is 0 Å². The third kappa shape index (κ3) is 3.40. The first-order valence-corrected chi connectivity index (χ1v) is 8.54. The summed E-state index contributed by atoms with van der Waals surface area (Å²) in [4.78, 5) is 12.5. The van der Waals surface area contributed by atoms with Crippen molar-refractivity contribution in [3.8, 4) is 17.2 Å². The number of para-hydroxylation sites is 2. The van der Waals surface area contributed by atoms with Crippen molar-refractivity contribution in [3.05, 3.63) is 89.5 Å². The first-order valence-electron chi connectivity index (χ1n) is 8.54. The van der Waals surface area contributed by atoms with Gasteiger partial charge in [0.1, 0.15) is 30.5 Å². The zero-order chi connectivity index (χ0) is 17.8. The van der Waals surface area contributed by atoms with Crippen LogP contribution in [-0.4, -0.2) is 19.2 Å². The predicted octanol–water partition coefficient (Wildman–Crippen LogP) is 4.62. The molecule has 0 amide bonds. The zero-order valence-electron chi connectivity index (χ0n) is 14.2. The van der Waals surface area contributed by atoms with Crippen LogP contribution in [0.1, 0.15) is 21.5 Å². The smallest absolute Gasteiger partial charge is 0.338 e. The van der Waals surface area contributed by atoms with E-state index in [1.165, 1.54) is 0 Å². The second kappa shape index (κ2) is 7.31. The number of rotatable bonds is 5. The molecule has 4 nitrogen and oxygen atoms in total. The zero-order valence-corrected chi connectivity index (χ0v) is 14.2. The fourth-order valence-electron chi connectivity index (χ4n) is 2.98. The maximum atomic E-state index is 12.5. The van der Waals surface area contributed by atoms with Crippen LogP contribution in [0, 0.1) is 0 Å². The Kier molecular flexibility index (Phi) is 4.56. The third-order valence-electron chi connectivity index (χ3n) is 4.24. The molecular weight excluding hydrogens is 328 g/mol. The highest BCUT2D eigenvalue weighted by Gasteiger charge is 2.22. The van der Waals surface area contributed by atoms with Gasteiger partial charge in [0, 0.05) is 12.0 Å². The van der Waals surface area contributed by atoms with Gasteiger partial charge in [0.25, 0.3) is 0 Å². The van der Waals surface area contributed by atoms with E-state index in [1.54, 1.807) is 6.07 Å². The van der Waals surface area contributed by atoms with Crippen molar-refractivity contribution >= 4 is 5.97 Å². The molecule has 4 heteroatoms. The number of esters is 1. The SMILES string of the molecule is O=C(OCCOc1ccccc1)c1cccc2c1Cc1ccccc1O2. The Morgan fingerprint density at radius 1 is 0.846 bits per heavy atom. The lowest BCUT2D eigenvalue weighted by Gasteiger charge is -2.21. The van der Waals surface area contributed by atoms with Crippen LogP contribution in [0.4, 0.5) is 0 Å². The summed E-state index contributed by atoms with van der Waals surface area (Å²) in [5, 5.41) is 0. The van der Waals surface area contributed by atoms with E-state index in [2.05, 4.69) is 0 Å². The predicted molar refractivity (Wildman–Crippen MR) is 98.0 cm³/mol. The van der Waals surface area contributed by atoms with E-state index in [4.69, 9.17) is 14.2 Å². The van der Waals surface area contributed by atoms with Crippen molar-refractivity contribution in [1.29, 1.82) is 0 Å². The number of fused-ring (bicyclic) bond motifs is 2. The molecule has 0 bridgehead atoms. The average Bonchev–Trinajstić information content (AvgIpc) is 2.70. The minimum Gasteiger partial charge on any atom is -0.490 e. The van der Waals surface area contributed by atoms with Crippen LogP contribution >= 0.6 is 0 Å². The highest BCUT2D eigenvalue weighted by atomic mass is 16.6. The van der Waals surface area contributed by atoms with E-state index in [0.717, 1.165) is 22.6 Å². The first kappa shape index (κ1) is 16.2. The highest BCUT2D eigenvalue weighted by molar-refractivity contribution is 5.92. The summed E-state index contributed by atoms with van der Waals surface area (Å²) in [7, 11) is 0. The molecular formula is C22H18O4. The van der Waals surface area contributed by atoms with Gasteiger partial charge >= 0.3 is 5.97 Å². The molecule has 0 radical (unpaired) electrons. The van der Waals surface area contributed by atoms with Crippen molar-refractivity contribution in [2.24, 2.45) is 0 Å². The molecule has 130 valence electrons. The lowest BCUT2D eigenvalue weighted by atomic mass is 9.96. The summed E-state index contributed by atoms with van der Waals surface area (Å²) in [6.45, 7) is 0.499. The number of benzene rings is 3. The molecule has 0 fully saturated rings. The van der Waals surface area contributed by atoms with Crippen molar-refractivity contribution < 1.29 is 19.0 Å². The average molecular weight is 346 g/mol. The fourth-order valence-corrected chi connectivity index (χ4v) is 2.98. The number of hydrogen-bond acceptors (Lipinski definition) is 4. The quantitative estimate of drug-likeness (QED) is 0.391. The summed E-state index contributed by atoms with van der Waals surface area (Å²) in [6.07, 6.45) is 0.650. The Hall–Kier alpha value is -3.27. The van der Waals surface area contributed by atoms with E-state index in [-0.39, 0.29) is 12.6 Å². The van der Waals surface area contributed by atoms with Gasteiger partial charge in [-0.05, 0) is 35.9 Å². The van der Waals surface area contributed by atoms with Crippen LogP contribution in [0.25, 0.3) is 0 Å². The summed E-state index contributed by atoms with van der Waals surface area (Å²) in [5.41, 5.74) is 2.46. The second-order valence-corrected chi connectivity index (χ2v) is 5.97. The third-order valence-corrected chi connectivity index (χ3v) is 4.24. The maximum Gasteiger partial charge on any atom is 0.338 e. The molecule has 3 aromatic rings. The molecule has 1 heterocycles. The van der Waals surface area contributed by atoms with Gasteiger partial charge in [-0.2, -0.15) is 0 Å². The van der Waals surface area contributed by atoms with Crippen molar-refractivity contribution in [3.63, 3.8) is 0 Å². The molecule has 0 aliphatic carbocycles. The molecule has 0 spiro atoms. The summed E-state index contributed by atoms with van der Waals surface area (Å²) >= 11 is 0. The van der Waals surface area contributed by atoms with Gasteiger partial charge in [-0.15, -0.1) is 0 Å². The summed E-state index contributed by atoms with van der Waals surface area (Å²) in [6, 6.07) is 22.8. The minimum atomic E-state index is -0.360. The monoisotopic (exact) mass is 346 g/mol. The maximum absolute atomic E-state index is 12.5. The van der Waals surface area contributed by atoms with Crippen LogP contribution < -0.4 is 9.47 Å². The molecule has 1 aliphatic heterocycles. The van der Waals surface area contributed by atoms with Gasteiger partial charge in [0.05, 0.1) is 5.56 Å². The number of ether oxygens (including phenoxy) is 3. The van der Waals surface area contributed by atoms with Crippen LogP contribution in [-0.2, 0) is 11.2 Å². The van der Waals surface area contributed by atoms with Crippen LogP contribution in [0.5, 0.6) is 17.2 Å². The molecule has 26 heavy (non-hydrogen) atoms. The van der Waals surface area contributed by atoms with Gasteiger partial charge in [0.2, 0.25) is 0 Å². The van der Waals surface area contributed by atoms with Gasteiger partial charge < -0.3 is 14.2 Å². The standard InChI is InChI=1S/C22H18O4/c23-22(25-14-13-24-17-8-2-1-3-9-17)18-10-6-12-21-19(18)15-16-7-4-5-11-20(16)26-21/h1-12H,13-15H2. The van der Waals surface area contributed by atoms with Crippen molar-refractivity contribution in [2.45, 2.75) is 6.42 Å². The molecule has 4 rings (SSSR count). The second-order valence-electron chi connectivity index (χ2n) is 5.97. The Labute approximate surface area is 152 Å². The van der Waals surface area contributed by atoms with Crippen LogP contribution in [0.2, 0.25) is 0 Å². The Balaban J connectivity index is 1.41. The van der Waals surface area contributed by atoms with Crippen LogP contribution in [0.15, 0.2) is 72.8 Å². The molecule has 0 unspecified atom stereocenters. The number of hydrogen-bond donors (Lipinski definition) is 0. The molecule has 0 saturated carbocycles. The Morgan fingerprint density at radius 2 is 1.62 bits per heavy atom. The van der Waals surface area contributed by atoms with E-state index >= 15 is 0 Å². The van der Waals surface area contributed by atoms with Crippen molar-refractivity contribution in [2.75, 3.05) is 13.2 Å². The summed E-state index contributed by atoms with van der Waals surface area (Å²) in [5.74, 6) is 1.94. The first-order chi connectivity index (χ1) is 12.8. The van der Waals surface area contributed by atoms with Gasteiger partial charge in [0.15, 0.2) is 0 Å². The number of carbonyl (C=O) groups excluding carboxylic acids is 1. The fraction of sp³-hybridized carbons (Fsp3) is 0.136. The minimum absolute atomic E-state index is 0.189. The summed E-state index contributed by atoms with van der Waals surface area (Å²) < 4.78 is 16.9.